The van der Waals surface area contributed by atoms with Crippen molar-refractivity contribution in [2.24, 2.45) is 0 Å². The maximum atomic E-state index is 13.5. The minimum atomic E-state index is -1.02. The molecule has 6 heteroatoms. The van der Waals surface area contributed by atoms with E-state index in [2.05, 4.69) is 4.90 Å². The van der Waals surface area contributed by atoms with Crippen LogP contribution in [0.3, 0.4) is 0 Å². The van der Waals surface area contributed by atoms with E-state index in [9.17, 15) is 13.6 Å². The highest BCUT2D eigenvalue weighted by Gasteiger charge is 2.39. The quantitative estimate of drug-likeness (QED) is 0.769. The predicted molar refractivity (Wildman–Crippen MR) is 95.4 cm³/mol. The number of rotatable bonds is 4. The average molecular weight is 373 g/mol. The van der Waals surface area contributed by atoms with Crippen molar-refractivity contribution >= 4 is 5.78 Å². The van der Waals surface area contributed by atoms with Gasteiger partial charge < -0.3 is 9.47 Å². The van der Waals surface area contributed by atoms with Crippen molar-refractivity contribution in [3.8, 4) is 0 Å². The lowest BCUT2D eigenvalue weighted by Crippen LogP contribution is -2.44. The summed E-state index contributed by atoms with van der Waals surface area (Å²) in [6, 6.07) is 10.5. The number of halogens is 2. The lowest BCUT2D eigenvalue weighted by Gasteiger charge is -2.37. The number of ether oxygens (including phenoxy) is 2. The molecule has 4 rings (SSSR count). The Morgan fingerprint density at radius 3 is 2.41 bits per heavy atom. The number of carbonyl (C=O) groups excluding carboxylic acids is 1. The molecule has 4 nitrogen and oxygen atoms in total. The molecule has 27 heavy (non-hydrogen) atoms. The van der Waals surface area contributed by atoms with Gasteiger partial charge in [-0.05, 0) is 23.8 Å². The Balaban J connectivity index is 1.49. The minimum Gasteiger partial charge on any atom is -0.347 e. The zero-order chi connectivity index (χ0) is 18.9. The van der Waals surface area contributed by atoms with Crippen molar-refractivity contribution in [1.82, 2.24) is 4.90 Å². The average Bonchev–Trinajstić information content (AvgIpc) is 3.14. The van der Waals surface area contributed by atoms with E-state index in [1.165, 1.54) is 6.07 Å². The molecule has 0 bridgehead atoms. The third kappa shape index (κ3) is 3.78. The summed E-state index contributed by atoms with van der Waals surface area (Å²) in [5.41, 5.74) is 1.53. The zero-order valence-corrected chi connectivity index (χ0v) is 14.9. The number of likely N-dealkylation sites (tertiary alicyclic amines) is 1. The molecule has 2 aliphatic heterocycles. The Morgan fingerprint density at radius 2 is 1.70 bits per heavy atom. The smallest absolute Gasteiger partial charge is 0.193 e. The van der Waals surface area contributed by atoms with Gasteiger partial charge in [0.05, 0.1) is 13.2 Å². The SMILES string of the molecule is O=C(c1ccc(F)c(F)c1)c1ccccc1CN1CCC2(CC1)OCCO2. The highest BCUT2D eigenvalue weighted by Crippen LogP contribution is 2.32. The molecule has 0 unspecified atom stereocenters. The zero-order valence-electron chi connectivity index (χ0n) is 14.9. The fourth-order valence-corrected chi connectivity index (χ4v) is 3.75. The second-order valence-corrected chi connectivity index (χ2v) is 7.00. The topological polar surface area (TPSA) is 38.8 Å². The fourth-order valence-electron chi connectivity index (χ4n) is 3.75. The molecule has 1 spiro atoms. The maximum Gasteiger partial charge on any atom is 0.193 e. The van der Waals surface area contributed by atoms with Crippen LogP contribution in [0, 0.1) is 11.6 Å². The van der Waals surface area contributed by atoms with E-state index >= 15 is 0 Å². The fraction of sp³-hybridized carbons (Fsp3) is 0.381. The Hall–Kier alpha value is -2.15. The third-order valence-electron chi connectivity index (χ3n) is 5.27. The molecule has 2 aromatic carbocycles. The largest absolute Gasteiger partial charge is 0.347 e. The molecule has 2 saturated heterocycles. The van der Waals surface area contributed by atoms with E-state index in [0.717, 1.165) is 43.6 Å². The first-order valence-electron chi connectivity index (χ1n) is 9.14. The summed E-state index contributed by atoms with van der Waals surface area (Å²) in [7, 11) is 0. The van der Waals surface area contributed by atoms with Crippen LogP contribution in [0.5, 0.6) is 0 Å². The highest BCUT2D eigenvalue weighted by atomic mass is 19.2. The molecular weight excluding hydrogens is 352 g/mol. The molecule has 2 fully saturated rings. The van der Waals surface area contributed by atoms with Crippen LogP contribution in [0.2, 0.25) is 0 Å². The summed E-state index contributed by atoms with van der Waals surface area (Å²) in [6.45, 7) is 3.53. The Bertz CT molecular complexity index is 839. The van der Waals surface area contributed by atoms with Gasteiger partial charge in [0.1, 0.15) is 0 Å². The first-order valence-corrected chi connectivity index (χ1v) is 9.14. The van der Waals surface area contributed by atoms with Crippen LogP contribution in [0.15, 0.2) is 42.5 Å². The van der Waals surface area contributed by atoms with Gasteiger partial charge in [0.25, 0.3) is 0 Å². The van der Waals surface area contributed by atoms with Crippen molar-refractivity contribution in [2.75, 3.05) is 26.3 Å². The molecule has 0 radical (unpaired) electrons. The van der Waals surface area contributed by atoms with Crippen molar-refractivity contribution in [2.45, 2.75) is 25.2 Å². The van der Waals surface area contributed by atoms with Crippen LogP contribution in [-0.2, 0) is 16.0 Å². The molecular formula is C21H21F2NO3. The van der Waals surface area contributed by atoms with Crippen molar-refractivity contribution in [1.29, 1.82) is 0 Å². The second kappa shape index (κ2) is 7.46. The number of nitrogens with zero attached hydrogens (tertiary/aromatic N) is 1. The van der Waals surface area contributed by atoms with E-state index in [4.69, 9.17) is 9.47 Å². The lowest BCUT2D eigenvalue weighted by atomic mass is 9.96. The van der Waals surface area contributed by atoms with Crippen LogP contribution >= 0.6 is 0 Å². The Kier molecular flexibility index (Phi) is 5.04. The molecule has 0 amide bonds. The van der Waals surface area contributed by atoms with E-state index in [1.54, 1.807) is 12.1 Å². The maximum absolute atomic E-state index is 13.5. The number of piperidine rings is 1. The summed E-state index contributed by atoms with van der Waals surface area (Å²) in [5, 5.41) is 0. The standard InChI is InChI=1S/C21H21F2NO3/c22-18-6-5-15(13-19(18)23)20(25)17-4-2-1-3-16(17)14-24-9-7-21(8-10-24)26-11-12-27-21/h1-6,13H,7-12,14H2. The van der Waals surface area contributed by atoms with E-state index in [0.29, 0.717) is 25.3 Å². The van der Waals surface area contributed by atoms with Gasteiger partial charge >= 0.3 is 0 Å². The second-order valence-electron chi connectivity index (χ2n) is 7.00. The molecule has 0 aliphatic carbocycles. The van der Waals surface area contributed by atoms with Gasteiger partial charge in [0.15, 0.2) is 23.2 Å². The molecule has 0 N–H and O–H groups in total. The van der Waals surface area contributed by atoms with Crippen molar-refractivity contribution < 1.29 is 23.0 Å². The van der Waals surface area contributed by atoms with Crippen LogP contribution in [0.4, 0.5) is 8.78 Å². The molecule has 0 saturated carbocycles. The van der Waals surface area contributed by atoms with Gasteiger partial charge in [-0.1, -0.05) is 24.3 Å². The van der Waals surface area contributed by atoms with Gasteiger partial charge in [0, 0.05) is 43.6 Å². The van der Waals surface area contributed by atoms with Gasteiger partial charge in [-0.25, -0.2) is 8.78 Å². The number of benzene rings is 2. The van der Waals surface area contributed by atoms with Crippen LogP contribution in [-0.4, -0.2) is 42.8 Å². The molecule has 2 aromatic rings. The molecule has 2 aliphatic rings. The number of ketones is 1. The molecule has 2 heterocycles. The molecule has 0 aromatic heterocycles. The Morgan fingerprint density at radius 1 is 1.00 bits per heavy atom. The van der Waals surface area contributed by atoms with Gasteiger partial charge in [-0.3, -0.25) is 9.69 Å². The van der Waals surface area contributed by atoms with Gasteiger partial charge in [0.2, 0.25) is 0 Å². The van der Waals surface area contributed by atoms with Gasteiger partial charge in [-0.15, -0.1) is 0 Å². The van der Waals surface area contributed by atoms with Crippen LogP contribution in [0.25, 0.3) is 0 Å². The first kappa shape index (κ1) is 18.2. The van der Waals surface area contributed by atoms with Gasteiger partial charge in [-0.2, -0.15) is 0 Å². The van der Waals surface area contributed by atoms with Crippen LogP contribution < -0.4 is 0 Å². The monoisotopic (exact) mass is 373 g/mol. The molecule has 0 atom stereocenters. The van der Waals surface area contributed by atoms with Crippen molar-refractivity contribution in [3.05, 3.63) is 70.8 Å². The number of carbonyl (C=O) groups is 1. The Labute approximate surface area is 156 Å². The number of hydrogen-bond donors (Lipinski definition) is 0. The van der Waals surface area contributed by atoms with Crippen molar-refractivity contribution in [3.63, 3.8) is 0 Å². The van der Waals surface area contributed by atoms with E-state index < -0.39 is 17.4 Å². The number of hydrogen-bond acceptors (Lipinski definition) is 4. The summed E-state index contributed by atoms with van der Waals surface area (Å²) in [4.78, 5) is 15.1. The molecule has 142 valence electrons. The van der Waals surface area contributed by atoms with E-state index in [1.807, 2.05) is 12.1 Å². The highest BCUT2D eigenvalue weighted by molar-refractivity contribution is 6.09. The third-order valence-corrected chi connectivity index (χ3v) is 5.27. The summed E-state index contributed by atoms with van der Waals surface area (Å²) in [6.07, 6.45) is 1.60. The summed E-state index contributed by atoms with van der Waals surface area (Å²) in [5.74, 6) is -2.72. The first-order chi connectivity index (χ1) is 13.1. The summed E-state index contributed by atoms with van der Waals surface area (Å²) < 4.78 is 38.2. The normalized spacial score (nSPS) is 19.5. The predicted octanol–water partition coefficient (Wildman–Crippen LogP) is 3.53. The lowest BCUT2D eigenvalue weighted by molar-refractivity contribution is -0.185. The van der Waals surface area contributed by atoms with Crippen LogP contribution in [0.1, 0.15) is 34.3 Å². The minimum absolute atomic E-state index is 0.145. The van der Waals surface area contributed by atoms with E-state index in [-0.39, 0.29) is 11.3 Å². The summed E-state index contributed by atoms with van der Waals surface area (Å²) >= 11 is 0.